The predicted molar refractivity (Wildman–Crippen MR) is 165 cm³/mol. The third kappa shape index (κ3) is 6.08. The zero-order chi connectivity index (χ0) is 30.2. The lowest BCUT2D eigenvalue weighted by atomic mass is 9.84. The minimum absolute atomic E-state index is 0.0695. The van der Waals surface area contributed by atoms with Crippen molar-refractivity contribution in [3.8, 4) is 5.75 Å². The highest BCUT2D eigenvalue weighted by molar-refractivity contribution is 6.05. The summed E-state index contributed by atoms with van der Waals surface area (Å²) < 4.78 is 11.9. The quantitative estimate of drug-likeness (QED) is 0.385. The molecule has 0 spiro atoms. The smallest absolute Gasteiger partial charge is 0.255 e. The molecule has 0 bridgehead atoms. The fourth-order valence-corrected chi connectivity index (χ4v) is 7.41. The number of aromatic nitrogens is 1. The first-order valence-electron chi connectivity index (χ1n) is 16.0. The van der Waals surface area contributed by atoms with E-state index in [2.05, 4.69) is 40.5 Å². The van der Waals surface area contributed by atoms with E-state index in [4.69, 9.17) is 14.5 Å². The second kappa shape index (κ2) is 12.3. The Morgan fingerprint density at radius 3 is 2.61 bits per heavy atom. The number of methoxy groups -OCH3 is 1. The van der Waals surface area contributed by atoms with Gasteiger partial charge in [-0.1, -0.05) is 12.1 Å². The number of nitrogens with one attached hydrogen (secondary N) is 1. The van der Waals surface area contributed by atoms with E-state index < -0.39 is 11.9 Å². The molecule has 1 N–H and O–H groups in total. The molecule has 44 heavy (non-hydrogen) atoms. The number of fused-ring (bicyclic) bond motifs is 2. The maximum atomic E-state index is 13.0. The number of pyridine rings is 1. The van der Waals surface area contributed by atoms with Gasteiger partial charge in [0.2, 0.25) is 11.8 Å². The van der Waals surface area contributed by atoms with Crippen LogP contribution in [0.3, 0.4) is 0 Å². The minimum atomic E-state index is -0.612. The number of imide groups is 1. The first kappa shape index (κ1) is 28.9. The lowest BCUT2D eigenvalue weighted by Crippen LogP contribution is -2.52. The van der Waals surface area contributed by atoms with E-state index in [1.54, 1.807) is 11.0 Å². The highest BCUT2D eigenvalue weighted by Gasteiger charge is 2.39. The molecule has 3 fully saturated rings. The largest absolute Gasteiger partial charge is 0.489 e. The molecule has 7 rings (SSSR count). The molecule has 1 aromatic heterocycles. The van der Waals surface area contributed by atoms with Gasteiger partial charge in [0.1, 0.15) is 17.9 Å². The molecule has 1 saturated carbocycles. The normalized spacial score (nSPS) is 25.8. The summed E-state index contributed by atoms with van der Waals surface area (Å²) >= 11 is 0. The number of carbonyl (C=O) groups is 3. The van der Waals surface area contributed by atoms with Crippen LogP contribution >= 0.6 is 0 Å². The van der Waals surface area contributed by atoms with Crippen molar-refractivity contribution in [1.29, 1.82) is 0 Å². The number of likely N-dealkylation sites (tertiary alicyclic amines) is 1. The molecule has 4 aliphatic rings. The zero-order valence-electron chi connectivity index (χ0n) is 25.3. The summed E-state index contributed by atoms with van der Waals surface area (Å²) in [6.07, 6.45) is 7.82. The number of nitrogens with zero attached hydrogens (tertiary/aromatic N) is 3. The summed E-state index contributed by atoms with van der Waals surface area (Å²) in [5.74, 6) is 0.596. The van der Waals surface area contributed by atoms with Crippen LogP contribution in [0.25, 0.3) is 10.9 Å². The minimum Gasteiger partial charge on any atom is -0.489 e. The Hall–Kier alpha value is -3.82. The maximum Gasteiger partial charge on any atom is 0.255 e. The zero-order valence-corrected chi connectivity index (χ0v) is 25.3. The number of hydrogen-bond acceptors (Lipinski definition) is 7. The van der Waals surface area contributed by atoms with E-state index in [-0.39, 0.29) is 24.3 Å². The maximum absolute atomic E-state index is 13.0. The van der Waals surface area contributed by atoms with Crippen LogP contribution in [-0.4, -0.2) is 71.0 Å². The van der Waals surface area contributed by atoms with Gasteiger partial charge >= 0.3 is 0 Å². The summed E-state index contributed by atoms with van der Waals surface area (Å²) in [5, 5.41) is 3.54. The van der Waals surface area contributed by atoms with E-state index in [0.717, 1.165) is 62.1 Å². The summed E-state index contributed by atoms with van der Waals surface area (Å²) in [4.78, 5) is 45.9. The van der Waals surface area contributed by atoms with Crippen LogP contribution in [0.2, 0.25) is 0 Å². The fraction of sp³-hybridized carbons (Fsp3) is 0.486. The highest BCUT2D eigenvalue weighted by Crippen LogP contribution is 2.32. The van der Waals surface area contributed by atoms with E-state index in [1.807, 2.05) is 19.2 Å². The van der Waals surface area contributed by atoms with Crippen LogP contribution in [0.15, 0.2) is 48.5 Å². The van der Waals surface area contributed by atoms with Crippen molar-refractivity contribution in [2.75, 3.05) is 20.2 Å². The average molecular weight is 597 g/mol. The Morgan fingerprint density at radius 1 is 0.932 bits per heavy atom. The van der Waals surface area contributed by atoms with Gasteiger partial charge in [0, 0.05) is 56.4 Å². The highest BCUT2D eigenvalue weighted by atomic mass is 16.5. The van der Waals surface area contributed by atoms with Gasteiger partial charge in [-0.05, 0) is 98.4 Å². The number of piperidine rings is 1. The molecule has 230 valence electrons. The summed E-state index contributed by atoms with van der Waals surface area (Å²) in [5.41, 5.74) is 4.98. The van der Waals surface area contributed by atoms with Crippen LogP contribution in [0.5, 0.6) is 5.75 Å². The second-order valence-electron chi connectivity index (χ2n) is 12.9. The first-order chi connectivity index (χ1) is 21.4. The van der Waals surface area contributed by atoms with Gasteiger partial charge in [-0.15, -0.1) is 0 Å². The SMILES string of the molecule is CO[C@H]1CC[C@@H](Cc2ccc3cc(CN4CC[C@H](Oc5ccc6c(c5)CN(C5CCC(=O)NC5=O)C6=O)C4)ccc3n2)CC1. The van der Waals surface area contributed by atoms with Gasteiger partial charge < -0.3 is 14.4 Å². The molecule has 3 aliphatic heterocycles. The number of amides is 3. The van der Waals surface area contributed by atoms with Gasteiger partial charge in [0.05, 0.1) is 11.6 Å². The first-order valence-corrected chi connectivity index (χ1v) is 16.0. The number of ether oxygens (including phenoxy) is 2. The molecule has 3 aromatic rings. The van der Waals surface area contributed by atoms with Crippen molar-refractivity contribution in [3.63, 3.8) is 0 Å². The van der Waals surface area contributed by atoms with Gasteiger partial charge in [-0.25, -0.2) is 0 Å². The van der Waals surface area contributed by atoms with Crippen LogP contribution < -0.4 is 10.1 Å². The molecule has 4 heterocycles. The third-order valence-corrected chi connectivity index (χ3v) is 9.87. The van der Waals surface area contributed by atoms with Crippen molar-refractivity contribution in [3.05, 3.63) is 70.9 Å². The van der Waals surface area contributed by atoms with Gasteiger partial charge in [-0.2, -0.15) is 0 Å². The van der Waals surface area contributed by atoms with Crippen molar-refractivity contribution in [2.24, 2.45) is 5.92 Å². The van der Waals surface area contributed by atoms with Crippen LogP contribution in [0.1, 0.15) is 72.1 Å². The summed E-state index contributed by atoms with van der Waals surface area (Å²) in [7, 11) is 1.82. The predicted octanol–water partition coefficient (Wildman–Crippen LogP) is 4.40. The lowest BCUT2D eigenvalue weighted by molar-refractivity contribution is -0.136. The molecule has 1 unspecified atom stereocenters. The molecular weight excluding hydrogens is 556 g/mol. The molecular formula is C35H40N4O5. The Morgan fingerprint density at radius 2 is 1.80 bits per heavy atom. The van der Waals surface area contributed by atoms with Crippen LogP contribution in [-0.2, 0) is 33.8 Å². The van der Waals surface area contributed by atoms with E-state index >= 15 is 0 Å². The van der Waals surface area contributed by atoms with Gasteiger partial charge in [-0.3, -0.25) is 29.6 Å². The molecule has 2 atom stereocenters. The number of hydrogen-bond donors (Lipinski definition) is 1. The Bertz CT molecular complexity index is 1580. The van der Waals surface area contributed by atoms with Crippen molar-refractivity contribution < 1.29 is 23.9 Å². The molecule has 9 heteroatoms. The second-order valence-corrected chi connectivity index (χ2v) is 12.9. The van der Waals surface area contributed by atoms with Crippen molar-refractivity contribution >= 4 is 28.6 Å². The standard InChI is InChI=1S/C35H40N4O5/c1-43-27-7-2-22(3-8-27)17-26-6-5-24-16-23(4-11-31(24)36-26)19-38-15-14-29(21-38)44-28-9-10-30-25(18-28)20-39(35(30)42)32-12-13-33(40)37-34(32)41/h4-6,9-11,16,18,22,27,29,32H,2-3,7-8,12-15,17,19-21H2,1H3,(H,37,40,41)/t22-,27+,29-,32?/m0/s1. The monoisotopic (exact) mass is 596 g/mol. The Labute approximate surface area is 257 Å². The molecule has 1 aliphatic carbocycles. The molecule has 3 amide bonds. The Balaban J connectivity index is 0.927. The Kier molecular flexibility index (Phi) is 8.08. The van der Waals surface area contributed by atoms with Gasteiger partial charge in [0.25, 0.3) is 5.91 Å². The van der Waals surface area contributed by atoms with Crippen LogP contribution in [0, 0.1) is 5.92 Å². The lowest BCUT2D eigenvalue weighted by Gasteiger charge is -2.29. The number of rotatable bonds is 8. The van der Waals surface area contributed by atoms with E-state index in [0.29, 0.717) is 30.6 Å². The average Bonchev–Trinajstić information content (AvgIpc) is 3.60. The third-order valence-electron chi connectivity index (χ3n) is 9.87. The van der Waals surface area contributed by atoms with Crippen LogP contribution in [0.4, 0.5) is 0 Å². The molecule has 2 saturated heterocycles. The van der Waals surface area contributed by atoms with Gasteiger partial charge in [0.15, 0.2) is 0 Å². The van der Waals surface area contributed by atoms with Crippen molar-refractivity contribution in [2.45, 2.75) is 82.7 Å². The topological polar surface area (TPSA) is 101 Å². The molecule has 9 nitrogen and oxygen atoms in total. The van der Waals surface area contributed by atoms with Crippen molar-refractivity contribution in [1.82, 2.24) is 20.1 Å². The number of carbonyl (C=O) groups excluding carboxylic acids is 3. The fourth-order valence-electron chi connectivity index (χ4n) is 7.41. The summed E-state index contributed by atoms with van der Waals surface area (Å²) in [6, 6.07) is 16.0. The van der Waals surface area contributed by atoms with E-state index in [9.17, 15) is 14.4 Å². The molecule has 2 aromatic carbocycles. The molecule has 0 radical (unpaired) electrons. The number of benzene rings is 2. The summed E-state index contributed by atoms with van der Waals surface area (Å²) in [6.45, 7) is 3.00. The van der Waals surface area contributed by atoms with E-state index in [1.165, 1.54) is 29.5 Å².